The molecule has 0 aliphatic rings. The van der Waals surface area contributed by atoms with Crippen LogP contribution in [-0.4, -0.2) is 31.5 Å². The smallest absolute Gasteiger partial charge is 0.171 e. The summed E-state index contributed by atoms with van der Waals surface area (Å²) in [5.41, 5.74) is 0.886. The maximum Gasteiger partial charge on any atom is 0.171 e. The van der Waals surface area contributed by atoms with Gasteiger partial charge in [0.15, 0.2) is 5.11 Å². The van der Waals surface area contributed by atoms with E-state index in [0.29, 0.717) is 18.3 Å². The van der Waals surface area contributed by atoms with Crippen LogP contribution >= 0.6 is 12.2 Å². The first-order valence-electron chi connectivity index (χ1n) is 8.29. The fourth-order valence-electron chi connectivity index (χ4n) is 2.12. The van der Waals surface area contributed by atoms with E-state index in [2.05, 4.69) is 17.2 Å². The van der Waals surface area contributed by atoms with Gasteiger partial charge in [-0.05, 0) is 67.7 Å². The fourth-order valence-corrected chi connectivity index (χ4v) is 2.43. The zero-order valence-corrected chi connectivity index (χ0v) is 15.8. The SMILES string of the molecule is C=CCOc1ccc(NC(=S)N[C@H](C)COc2ccc(OC)cc2)cc1. The normalized spacial score (nSPS) is 11.2. The van der Waals surface area contributed by atoms with Gasteiger partial charge in [-0.2, -0.15) is 0 Å². The van der Waals surface area contributed by atoms with Gasteiger partial charge in [0.25, 0.3) is 0 Å². The maximum absolute atomic E-state index is 5.74. The molecule has 26 heavy (non-hydrogen) atoms. The van der Waals surface area contributed by atoms with E-state index in [9.17, 15) is 0 Å². The van der Waals surface area contributed by atoms with Crippen LogP contribution in [0.25, 0.3) is 0 Å². The molecule has 0 unspecified atom stereocenters. The summed E-state index contributed by atoms with van der Waals surface area (Å²) in [5, 5.41) is 6.88. The molecule has 0 saturated heterocycles. The molecule has 0 fully saturated rings. The minimum Gasteiger partial charge on any atom is -0.497 e. The van der Waals surface area contributed by atoms with E-state index in [1.165, 1.54) is 0 Å². The highest BCUT2D eigenvalue weighted by molar-refractivity contribution is 7.80. The second-order valence-electron chi connectivity index (χ2n) is 5.61. The van der Waals surface area contributed by atoms with Crippen LogP contribution in [0, 0.1) is 0 Å². The zero-order valence-electron chi connectivity index (χ0n) is 15.0. The van der Waals surface area contributed by atoms with Gasteiger partial charge in [-0.1, -0.05) is 12.7 Å². The number of thiocarbonyl (C=S) groups is 1. The molecule has 5 nitrogen and oxygen atoms in total. The molecule has 0 aliphatic heterocycles. The number of methoxy groups -OCH3 is 1. The Morgan fingerprint density at radius 3 is 2.23 bits per heavy atom. The average Bonchev–Trinajstić information content (AvgIpc) is 2.66. The van der Waals surface area contributed by atoms with Crippen LogP contribution in [0.2, 0.25) is 0 Å². The monoisotopic (exact) mass is 372 g/mol. The molecule has 138 valence electrons. The van der Waals surface area contributed by atoms with Crippen LogP contribution in [0.3, 0.4) is 0 Å². The van der Waals surface area contributed by atoms with E-state index < -0.39 is 0 Å². The Kier molecular flexibility index (Phi) is 7.76. The Morgan fingerprint density at radius 2 is 1.62 bits per heavy atom. The molecule has 0 heterocycles. The number of hydrogen-bond acceptors (Lipinski definition) is 4. The van der Waals surface area contributed by atoms with Gasteiger partial charge in [-0.15, -0.1) is 0 Å². The number of rotatable bonds is 9. The first-order chi connectivity index (χ1) is 12.6. The zero-order chi connectivity index (χ0) is 18.8. The number of nitrogens with one attached hydrogen (secondary N) is 2. The molecule has 2 rings (SSSR count). The topological polar surface area (TPSA) is 51.8 Å². The molecular weight excluding hydrogens is 348 g/mol. The second kappa shape index (κ2) is 10.3. The molecular formula is C20H24N2O3S. The lowest BCUT2D eigenvalue weighted by Crippen LogP contribution is -2.39. The van der Waals surface area contributed by atoms with Gasteiger partial charge in [0, 0.05) is 5.69 Å². The van der Waals surface area contributed by atoms with Crippen LogP contribution in [0.1, 0.15) is 6.92 Å². The van der Waals surface area contributed by atoms with E-state index in [1.807, 2.05) is 55.5 Å². The van der Waals surface area contributed by atoms with Gasteiger partial charge in [-0.3, -0.25) is 0 Å². The van der Waals surface area contributed by atoms with Gasteiger partial charge >= 0.3 is 0 Å². The highest BCUT2D eigenvalue weighted by atomic mass is 32.1. The molecule has 1 atom stereocenters. The second-order valence-corrected chi connectivity index (χ2v) is 6.02. The Hall–Kier alpha value is -2.73. The molecule has 0 spiro atoms. The summed E-state index contributed by atoms with van der Waals surface area (Å²) in [4.78, 5) is 0. The van der Waals surface area contributed by atoms with E-state index in [4.69, 9.17) is 26.4 Å². The van der Waals surface area contributed by atoms with Crippen molar-refractivity contribution in [2.45, 2.75) is 13.0 Å². The van der Waals surface area contributed by atoms with Crippen LogP contribution < -0.4 is 24.8 Å². The third-order valence-electron chi connectivity index (χ3n) is 3.42. The lowest BCUT2D eigenvalue weighted by Gasteiger charge is -2.18. The van der Waals surface area contributed by atoms with Crippen LogP contribution in [0.15, 0.2) is 61.2 Å². The lowest BCUT2D eigenvalue weighted by molar-refractivity contribution is 0.286. The number of hydrogen-bond donors (Lipinski definition) is 2. The molecule has 0 saturated carbocycles. The average molecular weight is 372 g/mol. The fraction of sp³-hybridized carbons (Fsp3) is 0.250. The third kappa shape index (κ3) is 6.64. The maximum atomic E-state index is 5.74. The van der Waals surface area contributed by atoms with Gasteiger partial charge < -0.3 is 24.8 Å². The largest absolute Gasteiger partial charge is 0.497 e. The van der Waals surface area contributed by atoms with E-state index >= 15 is 0 Å². The van der Waals surface area contributed by atoms with Gasteiger partial charge in [0.2, 0.25) is 0 Å². The first-order valence-corrected chi connectivity index (χ1v) is 8.69. The molecule has 2 N–H and O–H groups in total. The van der Waals surface area contributed by atoms with Crippen LogP contribution in [-0.2, 0) is 0 Å². The van der Waals surface area contributed by atoms with Crippen molar-refractivity contribution < 1.29 is 14.2 Å². The van der Waals surface area contributed by atoms with Gasteiger partial charge in [0.05, 0.1) is 13.2 Å². The summed E-state index contributed by atoms with van der Waals surface area (Å²) < 4.78 is 16.3. The number of anilines is 1. The minimum atomic E-state index is 0.0484. The van der Waals surface area contributed by atoms with Gasteiger partial charge in [0.1, 0.15) is 30.5 Å². The summed E-state index contributed by atoms with van der Waals surface area (Å²) in [6.07, 6.45) is 1.71. The Bertz CT molecular complexity index is 702. The Morgan fingerprint density at radius 1 is 1.04 bits per heavy atom. The summed E-state index contributed by atoms with van der Waals surface area (Å²) >= 11 is 5.34. The number of benzene rings is 2. The van der Waals surface area contributed by atoms with Crippen molar-refractivity contribution in [1.29, 1.82) is 0 Å². The standard InChI is InChI=1S/C20H24N2O3S/c1-4-13-24-18-7-5-16(6-8-18)22-20(26)21-15(2)14-25-19-11-9-17(23-3)10-12-19/h4-12,15H,1,13-14H2,2-3H3,(H2,21,22,26)/t15-/m1/s1. The Balaban J connectivity index is 1.74. The Labute approximate surface area is 160 Å². The van der Waals surface area contributed by atoms with Crippen LogP contribution in [0.4, 0.5) is 5.69 Å². The van der Waals surface area contributed by atoms with Crippen molar-refractivity contribution in [3.05, 3.63) is 61.2 Å². The summed E-state index contributed by atoms with van der Waals surface area (Å²) in [6, 6.07) is 15.1. The molecule has 0 bridgehead atoms. The highest BCUT2D eigenvalue weighted by Gasteiger charge is 2.06. The van der Waals surface area contributed by atoms with Crippen molar-refractivity contribution in [2.24, 2.45) is 0 Å². The molecule has 0 radical (unpaired) electrons. The molecule has 2 aromatic carbocycles. The molecule has 0 amide bonds. The predicted molar refractivity (Wildman–Crippen MR) is 109 cm³/mol. The molecule has 6 heteroatoms. The molecule has 2 aromatic rings. The highest BCUT2D eigenvalue weighted by Crippen LogP contribution is 2.17. The van der Waals surface area contributed by atoms with Crippen molar-refractivity contribution in [3.63, 3.8) is 0 Å². The van der Waals surface area contributed by atoms with Crippen molar-refractivity contribution >= 4 is 23.0 Å². The summed E-state index contributed by atoms with van der Waals surface area (Å²) in [7, 11) is 1.64. The van der Waals surface area contributed by atoms with Gasteiger partial charge in [-0.25, -0.2) is 0 Å². The van der Waals surface area contributed by atoms with Crippen molar-refractivity contribution in [2.75, 3.05) is 25.6 Å². The first kappa shape index (κ1) is 19.6. The predicted octanol–water partition coefficient (Wildman–Crippen LogP) is 4.01. The minimum absolute atomic E-state index is 0.0484. The summed E-state index contributed by atoms with van der Waals surface area (Å²) in [6.45, 7) is 6.60. The molecule has 0 aliphatic carbocycles. The van der Waals surface area contributed by atoms with Crippen molar-refractivity contribution in [1.82, 2.24) is 5.32 Å². The van der Waals surface area contributed by atoms with E-state index in [0.717, 1.165) is 22.9 Å². The van der Waals surface area contributed by atoms with Crippen molar-refractivity contribution in [3.8, 4) is 17.2 Å². The summed E-state index contributed by atoms with van der Waals surface area (Å²) in [5.74, 6) is 2.37. The quantitative estimate of drug-likeness (QED) is 0.512. The van der Waals surface area contributed by atoms with E-state index in [-0.39, 0.29) is 6.04 Å². The number of ether oxygens (including phenoxy) is 3. The van der Waals surface area contributed by atoms with E-state index in [1.54, 1.807) is 13.2 Å². The third-order valence-corrected chi connectivity index (χ3v) is 3.64. The lowest BCUT2D eigenvalue weighted by atomic mass is 10.3. The van der Waals surface area contributed by atoms with Crippen LogP contribution in [0.5, 0.6) is 17.2 Å². The molecule has 0 aromatic heterocycles.